The van der Waals surface area contributed by atoms with E-state index in [9.17, 15) is 4.79 Å². The zero-order valence-corrected chi connectivity index (χ0v) is 19.8. The standard InChI is InChI=1S/C23H30ClN5OS/c1-3-18-7-6-8-19(20(18)24)28-13-11-27(12-14-28)10-5-4-9-25-22(30)21-17(2)26-23-29(21)15-16-31-23/h6-8,15-16H,3-5,9-14H2,1-2H3,(H,25,30). The molecule has 1 saturated heterocycles. The van der Waals surface area contributed by atoms with Crippen molar-refractivity contribution in [3.8, 4) is 0 Å². The lowest BCUT2D eigenvalue weighted by molar-refractivity contribution is 0.0946. The molecule has 6 nitrogen and oxygen atoms in total. The second-order valence-electron chi connectivity index (χ2n) is 8.00. The third-order valence-corrected chi connectivity index (χ3v) is 7.18. The van der Waals surface area contributed by atoms with Gasteiger partial charge < -0.3 is 10.2 Å². The second-order valence-corrected chi connectivity index (χ2v) is 9.25. The number of carbonyl (C=O) groups excluding carboxylic acids is 1. The number of amides is 1. The number of nitrogens with zero attached hydrogens (tertiary/aromatic N) is 4. The van der Waals surface area contributed by atoms with Crippen LogP contribution >= 0.6 is 22.9 Å². The van der Waals surface area contributed by atoms with Crippen LogP contribution < -0.4 is 10.2 Å². The van der Waals surface area contributed by atoms with E-state index in [1.165, 1.54) is 11.3 Å². The van der Waals surface area contributed by atoms with Crippen LogP contribution in [-0.4, -0.2) is 59.5 Å². The maximum absolute atomic E-state index is 12.6. The van der Waals surface area contributed by atoms with E-state index >= 15 is 0 Å². The van der Waals surface area contributed by atoms with Gasteiger partial charge in [-0.1, -0.05) is 30.7 Å². The lowest BCUT2D eigenvalue weighted by Gasteiger charge is -2.36. The molecule has 1 aromatic carbocycles. The topological polar surface area (TPSA) is 52.9 Å². The Kier molecular flexibility index (Phi) is 7.15. The van der Waals surface area contributed by atoms with Gasteiger partial charge in [-0.3, -0.25) is 14.1 Å². The van der Waals surface area contributed by atoms with Gasteiger partial charge in [-0.05, 0) is 44.4 Å². The first-order valence-electron chi connectivity index (χ1n) is 11.0. The average molecular weight is 460 g/mol. The zero-order valence-electron chi connectivity index (χ0n) is 18.2. The Bertz CT molecular complexity index is 1040. The summed E-state index contributed by atoms with van der Waals surface area (Å²) in [6, 6.07) is 6.35. The Morgan fingerprint density at radius 1 is 1.23 bits per heavy atom. The highest BCUT2D eigenvalue weighted by atomic mass is 35.5. The van der Waals surface area contributed by atoms with E-state index in [1.54, 1.807) is 11.3 Å². The molecule has 166 valence electrons. The maximum atomic E-state index is 12.6. The van der Waals surface area contributed by atoms with Crippen LogP contribution in [0.15, 0.2) is 29.8 Å². The monoisotopic (exact) mass is 459 g/mol. The molecule has 0 radical (unpaired) electrons. The quantitative estimate of drug-likeness (QED) is 0.511. The third-order valence-electron chi connectivity index (χ3n) is 5.99. The number of aromatic nitrogens is 2. The number of anilines is 1. The molecular weight excluding hydrogens is 430 g/mol. The Morgan fingerprint density at radius 3 is 2.81 bits per heavy atom. The number of rotatable bonds is 8. The largest absolute Gasteiger partial charge is 0.368 e. The van der Waals surface area contributed by atoms with Crippen LogP contribution in [0.2, 0.25) is 5.02 Å². The van der Waals surface area contributed by atoms with Crippen LogP contribution in [0.3, 0.4) is 0 Å². The molecule has 0 saturated carbocycles. The molecular formula is C23H30ClN5OS. The zero-order chi connectivity index (χ0) is 21.8. The molecule has 0 unspecified atom stereocenters. The van der Waals surface area contributed by atoms with Crippen LogP contribution in [0.4, 0.5) is 5.69 Å². The minimum absolute atomic E-state index is 0.0387. The lowest BCUT2D eigenvalue weighted by Crippen LogP contribution is -2.46. The number of carbonyl (C=O) groups is 1. The van der Waals surface area contributed by atoms with E-state index in [4.69, 9.17) is 11.6 Å². The lowest BCUT2D eigenvalue weighted by atomic mass is 10.1. The first kappa shape index (κ1) is 22.1. The molecule has 3 heterocycles. The van der Waals surface area contributed by atoms with Crippen LogP contribution in [0, 0.1) is 6.92 Å². The summed E-state index contributed by atoms with van der Waals surface area (Å²) >= 11 is 8.14. The van der Waals surface area contributed by atoms with Gasteiger partial charge in [0.15, 0.2) is 4.96 Å². The smallest absolute Gasteiger partial charge is 0.270 e. The molecule has 2 aromatic heterocycles. The summed E-state index contributed by atoms with van der Waals surface area (Å²) in [6.07, 6.45) is 4.91. The average Bonchev–Trinajstić information content (AvgIpc) is 3.34. The van der Waals surface area contributed by atoms with Crippen molar-refractivity contribution in [2.75, 3.05) is 44.2 Å². The Labute approximate surface area is 192 Å². The highest BCUT2D eigenvalue weighted by Gasteiger charge is 2.20. The molecule has 1 amide bonds. The van der Waals surface area contributed by atoms with Crippen LogP contribution in [0.5, 0.6) is 0 Å². The maximum Gasteiger partial charge on any atom is 0.270 e. The molecule has 0 aliphatic carbocycles. The molecule has 0 spiro atoms. The summed E-state index contributed by atoms with van der Waals surface area (Å²) in [5.74, 6) is -0.0387. The number of aryl methyl sites for hydroxylation is 2. The van der Waals surface area contributed by atoms with E-state index in [0.717, 1.165) is 67.7 Å². The Morgan fingerprint density at radius 2 is 2.03 bits per heavy atom. The minimum atomic E-state index is -0.0387. The molecule has 1 fully saturated rings. The fourth-order valence-corrected chi connectivity index (χ4v) is 5.35. The number of imidazole rings is 1. The van der Waals surface area contributed by atoms with Gasteiger partial charge in [-0.15, -0.1) is 11.3 Å². The Hall–Kier alpha value is -2.09. The van der Waals surface area contributed by atoms with Crippen molar-refractivity contribution in [2.24, 2.45) is 0 Å². The van der Waals surface area contributed by atoms with Gasteiger partial charge in [0.2, 0.25) is 0 Å². The van der Waals surface area contributed by atoms with E-state index < -0.39 is 0 Å². The van der Waals surface area contributed by atoms with Crippen molar-refractivity contribution in [3.05, 3.63) is 51.7 Å². The van der Waals surface area contributed by atoms with Gasteiger partial charge >= 0.3 is 0 Å². The fourth-order valence-electron chi connectivity index (χ4n) is 4.21. The molecule has 0 atom stereocenters. The van der Waals surface area contributed by atoms with Crippen molar-refractivity contribution >= 4 is 39.5 Å². The van der Waals surface area contributed by atoms with Gasteiger partial charge in [0.05, 0.1) is 16.4 Å². The number of fused-ring (bicyclic) bond motifs is 1. The van der Waals surface area contributed by atoms with E-state index in [0.29, 0.717) is 12.2 Å². The Balaban J connectivity index is 1.18. The first-order valence-corrected chi connectivity index (χ1v) is 12.3. The number of unbranched alkanes of at least 4 members (excludes halogenated alkanes) is 1. The number of hydrogen-bond acceptors (Lipinski definition) is 5. The van der Waals surface area contributed by atoms with E-state index in [2.05, 4.69) is 45.2 Å². The van der Waals surface area contributed by atoms with Gasteiger partial charge in [0, 0.05) is 44.3 Å². The number of nitrogens with one attached hydrogen (secondary N) is 1. The number of halogens is 1. The normalized spacial score (nSPS) is 15.0. The molecule has 1 N–H and O–H groups in total. The number of thiazole rings is 1. The fraction of sp³-hybridized carbons (Fsp3) is 0.478. The van der Waals surface area contributed by atoms with Crippen molar-refractivity contribution < 1.29 is 4.79 Å². The first-order chi connectivity index (χ1) is 15.1. The highest BCUT2D eigenvalue weighted by Crippen LogP contribution is 2.30. The van der Waals surface area contributed by atoms with Crippen LogP contribution in [0.25, 0.3) is 4.96 Å². The molecule has 3 aromatic rings. The van der Waals surface area contributed by atoms with Gasteiger partial charge in [-0.25, -0.2) is 4.98 Å². The molecule has 0 bridgehead atoms. The van der Waals surface area contributed by atoms with Crippen molar-refractivity contribution in [1.29, 1.82) is 0 Å². The predicted molar refractivity (Wildman–Crippen MR) is 129 cm³/mol. The van der Waals surface area contributed by atoms with Crippen LogP contribution in [0.1, 0.15) is 41.5 Å². The van der Waals surface area contributed by atoms with Gasteiger partial charge in [0.25, 0.3) is 5.91 Å². The van der Waals surface area contributed by atoms with E-state index in [1.807, 2.05) is 22.9 Å². The summed E-state index contributed by atoms with van der Waals surface area (Å²) in [5, 5.41) is 5.91. The molecule has 1 aliphatic rings. The predicted octanol–water partition coefficient (Wildman–Crippen LogP) is 4.25. The minimum Gasteiger partial charge on any atom is -0.368 e. The highest BCUT2D eigenvalue weighted by molar-refractivity contribution is 7.15. The molecule has 31 heavy (non-hydrogen) atoms. The van der Waals surface area contributed by atoms with Crippen LogP contribution in [-0.2, 0) is 6.42 Å². The summed E-state index contributed by atoms with van der Waals surface area (Å²) in [4.78, 5) is 22.8. The van der Waals surface area contributed by atoms with E-state index in [-0.39, 0.29) is 5.91 Å². The SMILES string of the molecule is CCc1cccc(N2CCN(CCCCNC(=O)c3c(C)nc4sccn34)CC2)c1Cl. The van der Waals surface area contributed by atoms with Gasteiger partial charge in [-0.2, -0.15) is 0 Å². The van der Waals surface area contributed by atoms with Crippen molar-refractivity contribution in [1.82, 2.24) is 19.6 Å². The summed E-state index contributed by atoms with van der Waals surface area (Å²) < 4.78 is 1.87. The summed E-state index contributed by atoms with van der Waals surface area (Å²) in [7, 11) is 0. The number of hydrogen-bond donors (Lipinski definition) is 1. The summed E-state index contributed by atoms with van der Waals surface area (Å²) in [6.45, 7) is 9.88. The number of benzene rings is 1. The van der Waals surface area contributed by atoms with Crippen molar-refractivity contribution in [2.45, 2.75) is 33.1 Å². The molecule has 8 heteroatoms. The summed E-state index contributed by atoms with van der Waals surface area (Å²) in [5.41, 5.74) is 3.82. The van der Waals surface area contributed by atoms with Gasteiger partial charge in [0.1, 0.15) is 5.69 Å². The van der Waals surface area contributed by atoms with Crippen molar-refractivity contribution in [3.63, 3.8) is 0 Å². The third kappa shape index (κ3) is 4.89. The molecule has 4 rings (SSSR count). The molecule has 1 aliphatic heterocycles. The second kappa shape index (κ2) is 10.0. The number of piperazine rings is 1.